The van der Waals surface area contributed by atoms with Crippen molar-refractivity contribution in [2.24, 2.45) is 0 Å². The SMILES string of the molecule is COc1ccc(CN(c2ccc(C)cc2)S(=O)(=O)c2ccc(OC)cc2)cc1. The Morgan fingerprint density at radius 3 is 1.75 bits per heavy atom. The lowest BCUT2D eigenvalue weighted by Gasteiger charge is -2.25. The maximum atomic E-state index is 13.4. The first-order valence-corrected chi connectivity index (χ1v) is 10.2. The van der Waals surface area contributed by atoms with E-state index < -0.39 is 10.0 Å². The smallest absolute Gasteiger partial charge is 0.264 e. The maximum Gasteiger partial charge on any atom is 0.264 e. The highest BCUT2D eigenvalue weighted by Crippen LogP contribution is 2.28. The highest BCUT2D eigenvalue weighted by Gasteiger charge is 2.25. The summed E-state index contributed by atoms with van der Waals surface area (Å²) >= 11 is 0. The van der Waals surface area contributed by atoms with Crippen molar-refractivity contribution in [2.75, 3.05) is 18.5 Å². The van der Waals surface area contributed by atoms with Gasteiger partial charge in [0.2, 0.25) is 0 Å². The highest BCUT2D eigenvalue weighted by atomic mass is 32.2. The standard InChI is InChI=1S/C22H23NO4S/c1-17-4-8-19(9-5-17)23(16-18-6-10-20(26-2)11-7-18)28(24,25)22-14-12-21(27-3)13-15-22/h4-15H,16H2,1-3H3. The molecule has 0 bridgehead atoms. The Morgan fingerprint density at radius 1 is 0.750 bits per heavy atom. The van der Waals surface area contributed by atoms with Crippen molar-refractivity contribution in [3.63, 3.8) is 0 Å². The van der Waals surface area contributed by atoms with Crippen LogP contribution in [0.4, 0.5) is 5.69 Å². The van der Waals surface area contributed by atoms with E-state index in [1.165, 1.54) is 4.31 Å². The van der Waals surface area contributed by atoms with Gasteiger partial charge in [0.15, 0.2) is 0 Å². The van der Waals surface area contributed by atoms with E-state index in [1.807, 2.05) is 55.5 Å². The molecule has 5 nitrogen and oxygen atoms in total. The van der Waals surface area contributed by atoms with E-state index in [0.717, 1.165) is 16.9 Å². The topological polar surface area (TPSA) is 55.8 Å². The van der Waals surface area contributed by atoms with Crippen LogP contribution < -0.4 is 13.8 Å². The molecule has 28 heavy (non-hydrogen) atoms. The summed E-state index contributed by atoms with van der Waals surface area (Å²) in [6, 6.07) is 21.2. The largest absolute Gasteiger partial charge is 0.497 e. The van der Waals surface area contributed by atoms with E-state index in [0.29, 0.717) is 11.4 Å². The normalized spacial score (nSPS) is 11.1. The van der Waals surface area contributed by atoms with Crippen LogP contribution in [0.5, 0.6) is 11.5 Å². The van der Waals surface area contributed by atoms with E-state index in [4.69, 9.17) is 9.47 Å². The predicted molar refractivity (Wildman–Crippen MR) is 111 cm³/mol. The Morgan fingerprint density at radius 2 is 1.25 bits per heavy atom. The van der Waals surface area contributed by atoms with Crippen LogP contribution in [0.15, 0.2) is 77.7 Å². The minimum absolute atomic E-state index is 0.210. The van der Waals surface area contributed by atoms with Gasteiger partial charge in [0, 0.05) is 0 Å². The number of hydrogen-bond acceptors (Lipinski definition) is 4. The number of rotatable bonds is 7. The van der Waals surface area contributed by atoms with Gasteiger partial charge in [0.25, 0.3) is 10.0 Å². The molecule has 0 atom stereocenters. The van der Waals surface area contributed by atoms with Crippen LogP contribution in [0.2, 0.25) is 0 Å². The molecule has 0 fully saturated rings. The van der Waals surface area contributed by atoms with Crippen LogP contribution in [0, 0.1) is 6.92 Å². The zero-order chi connectivity index (χ0) is 20.1. The van der Waals surface area contributed by atoms with Crippen LogP contribution in [0.3, 0.4) is 0 Å². The zero-order valence-electron chi connectivity index (χ0n) is 16.1. The number of benzene rings is 3. The Bertz CT molecular complexity index is 1010. The van der Waals surface area contributed by atoms with Gasteiger partial charge in [-0.25, -0.2) is 8.42 Å². The summed E-state index contributed by atoms with van der Waals surface area (Å²) in [4.78, 5) is 0.211. The molecule has 0 saturated carbocycles. The Balaban J connectivity index is 2.01. The van der Waals surface area contributed by atoms with Crippen LogP contribution >= 0.6 is 0 Å². The van der Waals surface area contributed by atoms with Crippen molar-refractivity contribution < 1.29 is 17.9 Å². The van der Waals surface area contributed by atoms with Gasteiger partial charge in [0.05, 0.1) is 31.3 Å². The Labute approximate surface area is 166 Å². The van der Waals surface area contributed by atoms with Gasteiger partial charge in [-0.05, 0) is 61.0 Å². The number of methoxy groups -OCH3 is 2. The van der Waals surface area contributed by atoms with Crippen molar-refractivity contribution in [1.29, 1.82) is 0 Å². The number of ether oxygens (including phenoxy) is 2. The third kappa shape index (κ3) is 4.28. The molecule has 3 aromatic rings. The predicted octanol–water partition coefficient (Wildman–Crippen LogP) is 4.41. The number of anilines is 1. The van der Waals surface area contributed by atoms with Gasteiger partial charge in [-0.2, -0.15) is 0 Å². The van der Waals surface area contributed by atoms with Gasteiger partial charge in [0.1, 0.15) is 11.5 Å². The average Bonchev–Trinajstić information content (AvgIpc) is 2.73. The van der Waals surface area contributed by atoms with Gasteiger partial charge in [-0.1, -0.05) is 29.8 Å². The molecule has 0 amide bonds. The van der Waals surface area contributed by atoms with E-state index in [9.17, 15) is 8.42 Å². The van der Waals surface area contributed by atoms with Gasteiger partial charge in [-0.15, -0.1) is 0 Å². The third-order valence-corrected chi connectivity index (χ3v) is 6.24. The van der Waals surface area contributed by atoms with Crippen molar-refractivity contribution in [1.82, 2.24) is 0 Å². The molecule has 3 aromatic carbocycles. The summed E-state index contributed by atoms with van der Waals surface area (Å²) in [5.41, 5.74) is 2.53. The molecular formula is C22H23NO4S. The quantitative estimate of drug-likeness (QED) is 0.593. The first-order valence-electron chi connectivity index (χ1n) is 8.80. The summed E-state index contributed by atoms with van der Waals surface area (Å²) < 4.78 is 38.5. The second kappa shape index (κ2) is 8.35. The second-order valence-electron chi connectivity index (χ2n) is 6.37. The van der Waals surface area contributed by atoms with Crippen LogP contribution in [-0.4, -0.2) is 22.6 Å². The lowest BCUT2D eigenvalue weighted by atomic mass is 10.2. The second-order valence-corrected chi connectivity index (χ2v) is 8.23. The van der Waals surface area contributed by atoms with Crippen LogP contribution in [0.1, 0.15) is 11.1 Å². The van der Waals surface area contributed by atoms with Crippen molar-refractivity contribution in [3.05, 3.63) is 83.9 Å². The Hall–Kier alpha value is -2.99. The summed E-state index contributed by atoms with van der Waals surface area (Å²) in [5, 5.41) is 0. The molecule has 6 heteroatoms. The number of nitrogens with zero attached hydrogens (tertiary/aromatic N) is 1. The molecule has 0 radical (unpaired) electrons. The molecule has 3 rings (SSSR count). The highest BCUT2D eigenvalue weighted by molar-refractivity contribution is 7.92. The van der Waals surface area contributed by atoms with Gasteiger partial charge in [-0.3, -0.25) is 4.31 Å². The fourth-order valence-electron chi connectivity index (χ4n) is 2.80. The van der Waals surface area contributed by atoms with Crippen LogP contribution in [0.25, 0.3) is 0 Å². The van der Waals surface area contributed by atoms with E-state index in [1.54, 1.807) is 38.5 Å². The molecule has 0 aromatic heterocycles. The molecule has 0 spiro atoms. The fourth-order valence-corrected chi connectivity index (χ4v) is 4.25. The molecule has 0 aliphatic rings. The number of hydrogen-bond donors (Lipinski definition) is 0. The summed E-state index contributed by atoms with van der Waals surface area (Å²) in [6.45, 7) is 2.18. The van der Waals surface area contributed by atoms with E-state index >= 15 is 0 Å². The van der Waals surface area contributed by atoms with Crippen molar-refractivity contribution >= 4 is 15.7 Å². The third-order valence-electron chi connectivity index (χ3n) is 4.45. The summed E-state index contributed by atoms with van der Waals surface area (Å²) in [7, 11) is -0.613. The number of sulfonamides is 1. The molecule has 146 valence electrons. The molecule has 0 heterocycles. The van der Waals surface area contributed by atoms with E-state index in [2.05, 4.69) is 0 Å². The molecule has 0 aliphatic heterocycles. The molecule has 0 N–H and O–H groups in total. The minimum atomic E-state index is -3.76. The van der Waals surface area contributed by atoms with Gasteiger partial charge < -0.3 is 9.47 Å². The number of aryl methyl sites for hydroxylation is 1. The fraction of sp³-hybridized carbons (Fsp3) is 0.182. The Kier molecular flexibility index (Phi) is 5.90. The first-order chi connectivity index (χ1) is 13.4. The lowest BCUT2D eigenvalue weighted by Crippen LogP contribution is -2.30. The van der Waals surface area contributed by atoms with Crippen molar-refractivity contribution in [3.8, 4) is 11.5 Å². The molecular weight excluding hydrogens is 374 g/mol. The summed E-state index contributed by atoms with van der Waals surface area (Å²) in [5.74, 6) is 1.33. The molecule has 0 saturated heterocycles. The van der Waals surface area contributed by atoms with Gasteiger partial charge >= 0.3 is 0 Å². The minimum Gasteiger partial charge on any atom is -0.497 e. The van der Waals surface area contributed by atoms with Crippen LogP contribution in [-0.2, 0) is 16.6 Å². The monoisotopic (exact) mass is 397 g/mol. The molecule has 0 aliphatic carbocycles. The average molecular weight is 397 g/mol. The van der Waals surface area contributed by atoms with E-state index in [-0.39, 0.29) is 11.4 Å². The first kappa shape index (κ1) is 19.8. The summed E-state index contributed by atoms with van der Waals surface area (Å²) in [6.07, 6.45) is 0. The lowest BCUT2D eigenvalue weighted by molar-refractivity contribution is 0.414. The maximum absolute atomic E-state index is 13.4. The zero-order valence-corrected chi connectivity index (χ0v) is 16.9. The van der Waals surface area contributed by atoms with Crippen molar-refractivity contribution in [2.45, 2.75) is 18.4 Å². The molecule has 0 unspecified atom stereocenters.